The summed E-state index contributed by atoms with van der Waals surface area (Å²) < 4.78 is 37.0. The van der Waals surface area contributed by atoms with Crippen LogP contribution in [0.2, 0.25) is 0 Å². The molecule has 39 heavy (non-hydrogen) atoms. The Kier molecular flexibility index (Phi) is 11.8. The number of carbonyl (C=O) groups is 1. The highest BCUT2D eigenvalue weighted by Gasteiger charge is 2.46. The fourth-order valence-electron chi connectivity index (χ4n) is 6.68. The molecule has 7 nitrogen and oxygen atoms in total. The van der Waals surface area contributed by atoms with Gasteiger partial charge in [-0.05, 0) is 69.4 Å². The second-order valence-corrected chi connectivity index (χ2v) is 12.8. The molecule has 0 heterocycles. The summed E-state index contributed by atoms with van der Waals surface area (Å²) in [6.45, 7) is 3.84. The highest BCUT2D eigenvalue weighted by atomic mass is 32.2. The van der Waals surface area contributed by atoms with Crippen LogP contribution in [-0.4, -0.2) is 50.5 Å². The standard InChI is InChI=1S/C31H46O7S/c1-4-19-31(30(34)37-3,24-11-7-8-12-24)20-9-5-6-13-27-26(14-10-21-32)28(33)22-29(27)38-39(35,36)25-17-15-23(2)16-18-25/h5-6,10,14-18,24,26-29,32-33H,4,7-9,11-13,19-22H2,1-3H3/t26-,27-,28-,29-,31?/m1/s1. The fourth-order valence-corrected chi connectivity index (χ4v) is 7.81. The maximum absolute atomic E-state index is 13.0. The molecule has 5 atom stereocenters. The number of allylic oxidation sites excluding steroid dienone is 2. The third kappa shape index (κ3) is 7.81. The second kappa shape index (κ2) is 14.6. The molecule has 0 aliphatic heterocycles. The molecule has 2 saturated carbocycles. The van der Waals surface area contributed by atoms with Crippen LogP contribution in [0.4, 0.5) is 0 Å². The van der Waals surface area contributed by atoms with Crippen molar-refractivity contribution in [1.29, 1.82) is 0 Å². The lowest BCUT2D eigenvalue weighted by Gasteiger charge is -2.36. The molecule has 1 aromatic rings. The molecule has 3 rings (SSSR count). The summed E-state index contributed by atoms with van der Waals surface area (Å²) in [5.41, 5.74) is 0.485. The first kappa shape index (κ1) is 31.5. The van der Waals surface area contributed by atoms with Gasteiger partial charge in [0.1, 0.15) is 0 Å². The van der Waals surface area contributed by atoms with E-state index in [1.165, 1.54) is 19.2 Å². The van der Waals surface area contributed by atoms with E-state index >= 15 is 0 Å². The molecular formula is C31H46O7S. The Balaban J connectivity index is 1.73. The van der Waals surface area contributed by atoms with Gasteiger partial charge in [0, 0.05) is 12.3 Å². The summed E-state index contributed by atoms with van der Waals surface area (Å²) in [5, 5.41) is 20.1. The summed E-state index contributed by atoms with van der Waals surface area (Å²) >= 11 is 0. The van der Waals surface area contributed by atoms with Crippen molar-refractivity contribution in [2.45, 2.75) is 95.2 Å². The van der Waals surface area contributed by atoms with Gasteiger partial charge in [-0.15, -0.1) is 0 Å². The highest BCUT2D eigenvalue weighted by molar-refractivity contribution is 7.86. The van der Waals surface area contributed by atoms with Gasteiger partial charge in [-0.3, -0.25) is 8.98 Å². The highest BCUT2D eigenvalue weighted by Crippen LogP contribution is 2.47. The topological polar surface area (TPSA) is 110 Å². The van der Waals surface area contributed by atoms with E-state index in [2.05, 4.69) is 13.0 Å². The zero-order valence-corrected chi connectivity index (χ0v) is 24.4. The molecule has 0 radical (unpaired) electrons. The quantitative estimate of drug-likeness (QED) is 0.175. The Morgan fingerprint density at radius 1 is 1.10 bits per heavy atom. The van der Waals surface area contributed by atoms with Gasteiger partial charge in [-0.1, -0.05) is 68.2 Å². The Morgan fingerprint density at radius 3 is 2.41 bits per heavy atom. The monoisotopic (exact) mass is 562 g/mol. The van der Waals surface area contributed by atoms with Crippen LogP contribution in [0.5, 0.6) is 0 Å². The van der Waals surface area contributed by atoms with E-state index in [1.807, 2.05) is 13.0 Å². The van der Waals surface area contributed by atoms with Gasteiger partial charge in [-0.2, -0.15) is 8.42 Å². The number of hydrogen-bond donors (Lipinski definition) is 2. The summed E-state index contributed by atoms with van der Waals surface area (Å²) in [6, 6.07) is 6.51. The van der Waals surface area contributed by atoms with Crippen molar-refractivity contribution in [3.05, 3.63) is 54.1 Å². The molecule has 2 N–H and O–H groups in total. The van der Waals surface area contributed by atoms with E-state index in [4.69, 9.17) is 8.92 Å². The van der Waals surface area contributed by atoms with E-state index < -0.39 is 27.7 Å². The SMILES string of the molecule is CCCC(CCC=CC[C@@H]1[C@@H](C=CCO)[C@H](O)C[C@H]1OS(=O)(=O)c1ccc(C)cc1)(C(=O)OC)C1CCCC1. The summed E-state index contributed by atoms with van der Waals surface area (Å²) in [4.78, 5) is 13.1. The predicted octanol–water partition coefficient (Wildman–Crippen LogP) is 5.49. The number of aryl methyl sites for hydroxylation is 1. The molecule has 0 spiro atoms. The molecule has 2 aliphatic carbocycles. The predicted molar refractivity (Wildman–Crippen MR) is 151 cm³/mol. The van der Waals surface area contributed by atoms with Gasteiger partial charge in [0.05, 0.1) is 36.2 Å². The number of hydrogen-bond acceptors (Lipinski definition) is 7. The number of ether oxygens (including phenoxy) is 1. The summed E-state index contributed by atoms with van der Waals surface area (Å²) in [5.74, 6) is -0.378. The minimum atomic E-state index is -4.00. The molecule has 2 fully saturated rings. The largest absolute Gasteiger partial charge is 0.469 e. The Morgan fingerprint density at radius 2 is 1.79 bits per heavy atom. The van der Waals surface area contributed by atoms with Gasteiger partial charge < -0.3 is 14.9 Å². The Labute approximate surface area is 234 Å². The third-order valence-electron chi connectivity index (χ3n) is 8.67. The van der Waals surface area contributed by atoms with Crippen LogP contribution in [0.3, 0.4) is 0 Å². The maximum Gasteiger partial charge on any atom is 0.312 e. The van der Waals surface area contributed by atoms with Gasteiger partial charge in [0.15, 0.2) is 0 Å². The second-order valence-electron chi connectivity index (χ2n) is 11.2. The van der Waals surface area contributed by atoms with Crippen molar-refractivity contribution in [2.24, 2.45) is 23.2 Å². The third-order valence-corrected chi connectivity index (χ3v) is 10.0. The molecule has 1 unspecified atom stereocenters. The van der Waals surface area contributed by atoms with Crippen LogP contribution in [-0.2, 0) is 23.8 Å². The molecule has 2 aliphatic rings. The van der Waals surface area contributed by atoms with Gasteiger partial charge >= 0.3 is 5.97 Å². The Bertz CT molecular complexity index is 1070. The molecule has 1 aromatic carbocycles. The molecule has 0 bridgehead atoms. The number of esters is 1. The van der Waals surface area contributed by atoms with Crippen LogP contribution < -0.4 is 0 Å². The van der Waals surface area contributed by atoms with Crippen molar-refractivity contribution in [1.82, 2.24) is 0 Å². The molecule has 8 heteroatoms. The van der Waals surface area contributed by atoms with Crippen LogP contribution in [0.25, 0.3) is 0 Å². The van der Waals surface area contributed by atoms with Crippen molar-refractivity contribution in [3.8, 4) is 0 Å². The van der Waals surface area contributed by atoms with E-state index in [0.29, 0.717) is 18.8 Å². The van der Waals surface area contributed by atoms with Crippen molar-refractivity contribution >= 4 is 16.1 Å². The molecular weight excluding hydrogens is 516 g/mol. The summed E-state index contributed by atoms with van der Waals surface area (Å²) in [6.07, 6.45) is 14.2. The number of aliphatic hydroxyl groups is 2. The first-order valence-electron chi connectivity index (χ1n) is 14.4. The molecule has 0 saturated heterocycles. The molecule has 0 aromatic heterocycles. The maximum atomic E-state index is 13.0. The van der Waals surface area contributed by atoms with Gasteiger partial charge in [0.25, 0.3) is 10.1 Å². The average molecular weight is 563 g/mol. The lowest BCUT2D eigenvalue weighted by atomic mass is 9.68. The van der Waals surface area contributed by atoms with Crippen LogP contribution in [0.1, 0.15) is 76.7 Å². The van der Waals surface area contributed by atoms with Crippen LogP contribution in [0.15, 0.2) is 53.5 Å². The number of carbonyl (C=O) groups excluding carboxylic acids is 1. The fraction of sp³-hybridized carbons (Fsp3) is 0.645. The average Bonchev–Trinajstić information content (AvgIpc) is 3.55. The number of rotatable bonds is 14. The molecule has 0 amide bonds. The van der Waals surface area contributed by atoms with Gasteiger partial charge in [0.2, 0.25) is 0 Å². The minimum Gasteiger partial charge on any atom is -0.469 e. The van der Waals surface area contributed by atoms with Gasteiger partial charge in [-0.25, -0.2) is 0 Å². The van der Waals surface area contributed by atoms with Crippen molar-refractivity contribution in [2.75, 3.05) is 13.7 Å². The zero-order valence-electron chi connectivity index (χ0n) is 23.6. The van der Waals surface area contributed by atoms with E-state index in [9.17, 15) is 23.4 Å². The van der Waals surface area contributed by atoms with E-state index in [0.717, 1.165) is 50.5 Å². The Hall–Kier alpha value is -2.00. The van der Waals surface area contributed by atoms with Crippen LogP contribution in [0, 0.1) is 30.1 Å². The van der Waals surface area contributed by atoms with Crippen molar-refractivity contribution < 1.29 is 32.3 Å². The number of aliphatic hydroxyl groups excluding tert-OH is 2. The number of benzene rings is 1. The smallest absolute Gasteiger partial charge is 0.312 e. The van der Waals surface area contributed by atoms with Crippen LogP contribution >= 0.6 is 0 Å². The number of methoxy groups -OCH3 is 1. The van der Waals surface area contributed by atoms with Crippen molar-refractivity contribution in [3.63, 3.8) is 0 Å². The first-order chi connectivity index (χ1) is 18.7. The van der Waals surface area contributed by atoms with E-state index in [1.54, 1.807) is 24.3 Å². The minimum absolute atomic E-state index is 0.0909. The normalized spacial score (nSPS) is 26.0. The first-order valence-corrected chi connectivity index (χ1v) is 15.8. The lowest BCUT2D eigenvalue weighted by Crippen LogP contribution is -2.38. The molecule has 218 valence electrons. The summed E-state index contributed by atoms with van der Waals surface area (Å²) in [7, 11) is -2.52. The zero-order chi connectivity index (χ0) is 28.5. The van der Waals surface area contributed by atoms with E-state index in [-0.39, 0.29) is 35.7 Å². The lowest BCUT2D eigenvalue weighted by molar-refractivity contribution is -0.158.